The smallest absolute Gasteiger partial charge is 0.262 e. The summed E-state index contributed by atoms with van der Waals surface area (Å²) in [6.07, 6.45) is 1.61. The van der Waals surface area contributed by atoms with Gasteiger partial charge in [-0.1, -0.05) is 36.4 Å². The van der Waals surface area contributed by atoms with Gasteiger partial charge in [-0.05, 0) is 48.1 Å². The predicted molar refractivity (Wildman–Crippen MR) is 114 cm³/mol. The Hall–Kier alpha value is -2.90. The number of sulfonamides is 1. The SMILES string of the molecule is COCC(=O)N1CCCc2cc(NS(=O)(=O)c3cccc4ccccc34)ccc21. The zero-order chi connectivity index (χ0) is 20.4. The molecule has 150 valence electrons. The standard InChI is InChI=1S/C22H22N2O4S/c1-28-15-22(25)24-13-5-8-17-14-18(11-12-20(17)24)23-29(26,27)21-10-4-7-16-6-2-3-9-19(16)21/h2-4,6-7,9-12,14,23H,5,8,13,15H2,1H3. The molecule has 0 atom stereocenters. The highest BCUT2D eigenvalue weighted by atomic mass is 32.2. The maximum atomic E-state index is 13.0. The lowest BCUT2D eigenvalue weighted by atomic mass is 10.0. The van der Waals surface area contributed by atoms with Gasteiger partial charge in [-0.3, -0.25) is 9.52 Å². The van der Waals surface area contributed by atoms with Crippen molar-refractivity contribution in [2.45, 2.75) is 17.7 Å². The summed E-state index contributed by atoms with van der Waals surface area (Å²) in [7, 11) is -2.26. The number of nitrogens with one attached hydrogen (secondary N) is 1. The van der Waals surface area contributed by atoms with Crippen LogP contribution in [0.3, 0.4) is 0 Å². The summed E-state index contributed by atoms with van der Waals surface area (Å²) in [5, 5.41) is 1.55. The number of carbonyl (C=O) groups is 1. The Balaban J connectivity index is 1.65. The van der Waals surface area contributed by atoms with E-state index in [2.05, 4.69) is 4.72 Å². The van der Waals surface area contributed by atoms with Gasteiger partial charge in [0.2, 0.25) is 0 Å². The Bertz CT molecular complexity index is 1170. The highest BCUT2D eigenvalue weighted by Gasteiger charge is 2.24. The van der Waals surface area contributed by atoms with Crippen molar-refractivity contribution in [3.63, 3.8) is 0 Å². The van der Waals surface area contributed by atoms with E-state index in [4.69, 9.17) is 4.74 Å². The van der Waals surface area contributed by atoms with Gasteiger partial charge in [0.05, 0.1) is 4.90 Å². The molecule has 0 saturated heterocycles. The molecule has 0 saturated carbocycles. The number of fused-ring (bicyclic) bond motifs is 2. The molecule has 0 aromatic heterocycles. The van der Waals surface area contributed by atoms with Crippen molar-refractivity contribution < 1.29 is 17.9 Å². The average Bonchev–Trinajstić information content (AvgIpc) is 2.72. The fourth-order valence-corrected chi connectivity index (χ4v) is 5.04. The quantitative estimate of drug-likeness (QED) is 0.698. The van der Waals surface area contributed by atoms with E-state index in [1.165, 1.54) is 7.11 Å². The van der Waals surface area contributed by atoms with Crippen LogP contribution in [0.4, 0.5) is 11.4 Å². The van der Waals surface area contributed by atoms with Gasteiger partial charge >= 0.3 is 0 Å². The van der Waals surface area contributed by atoms with E-state index in [1.807, 2.05) is 30.3 Å². The molecule has 0 unspecified atom stereocenters. The molecule has 1 aliphatic heterocycles. The van der Waals surface area contributed by atoms with Gasteiger partial charge in [0.25, 0.3) is 15.9 Å². The number of benzene rings is 3. The van der Waals surface area contributed by atoms with Gasteiger partial charge in [-0.2, -0.15) is 0 Å². The third-order valence-electron chi connectivity index (χ3n) is 5.06. The van der Waals surface area contributed by atoms with Gasteiger partial charge in [-0.15, -0.1) is 0 Å². The Morgan fingerprint density at radius 2 is 1.90 bits per heavy atom. The number of hydrogen-bond acceptors (Lipinski definition) is 4. The van der Waals surface area contributed by atoms with Crippen LogP contribution in [0.25, 0.3) is 10.8 Å². The molecule has 3 aromatic carbocycles. The van der Waals surface area contributed by atoms with Crippen molar-refractivity contribution in [1.82, 2.24) is 0 Å². The summed E-state index contributed by atoms with van der Waals surface area (Å²) < 4.78 is 33.8. The Morgan fingerprint density at radius 3 is 2.72 bits per heavy atom. The monoisotopic (exact) mass is 410 g/mol. The van der Waals surface area contributed by atoms with Crippen molar-refractivity contribution in [2.24, 2.45) is 0 Å². The number of hydrogen-bond donors (Lipinski definition) is 1. The minimum Gasteiger partial charge on any atom is -0.375 e. The molecule has 0 bridgehead atoms. The first-order chi connectivity index (χ1) is 14.0. The number of amides is 1. The number of ether oxygens (including phenoxy) is 1. The number of aryl methyl sites for hydroxylation is 1. The highest BCUT2D eigenvalue weighted by molar-refractivity contribution is 7.93. The molecule has 0 aliphatic carbocycles. The van der Waals surface area contributed by atoms with Crippen LogP contribution in [0.15, 0.2) is 65.6 Å². The van der Waals surface area contributed by atoms with Crippen LogP contribution in [0.5, 0.6) is 0 Å². The summed E-state index contributed by atoms with van der Waals surface area (Å²) in [4.78, 5) is 14.2. The first kappa shape index (κ1) is 19.4. The lowest BCUT2D eigenvalue weighted by molar-refractivity contribution is -0.122. The van der Waals surface area contributed by atoms with Crippen LogP contribution in [-0.2, 0) is 26.0 Å². The maximum Gasteiger partial charge on any atom is 0.262 e. The lowest BCUT2D eigenvalue weighted by Gasteiger charge is -2.29. The van der Waals surface area contributed by atoms with E-state index in [0.717, 1.165) is 29.5 Å². The van der Waals surface area contributed by atoms with E-state index >= 15 is 0 Å². The normalized spacial score (nSPS) is 13.9. The average molecular weight is 410 g/mol. The highest BCUT2D eigenvalue weighted by Crippen LogP contribution is 2.31. The number of carbonyl (C=O) groups excluding carboxylic acids is 1. The summed E-state index contributed by atoms with van der Waals surface area (Å²) in [5.74, 6) is -0.0995. The Labute approximate surface area is 170 Å². The molecule has 0 spiro atoms. The van der Waals surface area contributed by atoms with Crippen molar-refractivity contribution >= 4 is 38.1 Å². The second kappa shape index (κ2) is 7.85. The van der Waals surface area contributed by atoms with E-state index in [-0.39, 0.29) is 17.4 Å². The largest absolute Gasteiger partial charge is 0.375 e. The van der Waals surface area contributed by atoms with Gasteiger partial charge < -0.3 is 9.64 Å². The minimum atomic E-state index is -3.76. The zero-order valence-corrected chi connectivity index (χ0v) is 16.9. The van der Waals surface area contributed by atoms with E-state index in [9.17, 15) is 13.2 Å². The van der Waals surface area contributed by atoms with Gasteiger partial charge in [-0.25, -0.2) is 8.42 Å². The van der Waals surface area contributed by atoms with Crippen molar-refractivity contribution in [2.75, 3.05) is 29.9 Å². The molecular weight excluding hydrogens is 388 g/mol. The van der Waals surface area contributed by atoms with Crippen LogP contribution in [0.2, 0.25) is 0 Å². The third-order valence-corrected chi connectivity index (χ3v) is 6.50. The molecule has 4 rings (SSSR count). The summed E-state index contributed by atoms with van der Waals surface area (Å²) >= 11 is 0. The maximum absolute atomic E-state index is 13.0. The zero-order valence-electron chi connectivity index (χ0n) is 16.1. The Kier molecular flexibility index (Phi) is 5.25. The number of anilines is 2. The second-order valence-electron chi connectivity index (χ2n) is 7.01. The first-order valence-corrected chi connectivity index (χ1v) is 10.9. The Morgan fingerprint density at radius 1 is 1.10 bits per heavy atom. The van der Waals surface area contributed by atoms with Crippen LogP contribution in [-0.4, -0.2) is 34.6 Å². The van der Waals surface area contributed by atoms with Gasteiger partial charge in [0, 0.05) is 30.4 Å². The molecule has 1 heterocycles. The van der Waals surface area contributed by atoms with Crippen LogP contribution in [0.1, 0.15) is 12.0 Å². The van der Waals surface area contributed by atoms with Gasteiger partial charge in [0.1, 0.15) is 6.61 Å². The number of nitrogens with zero attached hydrogens (tertiary/aromatic N) is 1. The van der Waals surface area contributed by atoms with E-state index in [0.29, 0.717) is 17.6 Å². The minimum absolute atomic E-state index is 0.0227. The molecule has 1 amide bonds. The molecule has 3 aromatic rings. The lowest BCUT2D eigenvalue weighted by Crippen LogP contribution is -2.37. The second-order valence-corrected chi connectivity index (χ2v) is 8.66. The van der Waals surface area contributed by atoms with Crippen molar-refractivity contribution in [1.29, 1.82) is 0 Å². The predicted octanol–water partition coefficient (Wildman–Crippen LogP) is 3.57. The fraction of sp³-hybridized carbons (Fsp3) is 0.227. The van der Waals surface area contributed by atoms with Crippen LogP contribution in [0, 0.1) is 0 Å². The van der Waals surface area contributed by atoms with Gasteiger partial charge in [0.15, 0.2) is 0 Å². The summed E-state index contributed by atoms with van der Waals surface area (Å²) in [6.45, 7) is 0.658. The molecule has 0 radical (unpaired) electrons. The first-order valence-electron chi connectivity index (χ1n) is 9.42. The van der Waals surface area contributed by atoms with Crippen molar-refractivity contribution in [3.05, 3.63) is 66.2 Å². The third kappa shape index (κ3) is 3.83. The molecule has 1 N–H and O–H groups in total. The molecule has 1 aliphatic rings. The summed E-state index contributed by atoms with van der Waals surface area (Å²) in [6, 6.07) is 17.9. The fourth-order valence-electron chi connectivity index (χ4n) is 3.76. The van der Waals surface area contributed by atoms with Crippen molar-refractivity contribution in [3.8, 4) is 0 Å². The van der Waals surface area contributed by atoms with Crippen LogP contribution >= 0.6 is 0 Å². The number of methoxy groups -OCH3 is 1. The van der Waals surface area contributed by atoms with Crippen LogP contribution < -0.4 is 9.62 Å². The van der Waals surface area contributed by atoms with E-state index in [1.54, 1.807) is 35.2 Å². The topological polar surface area (TPSA) is 75.7 Å². The molecular formula is C22H22N2O4S. The molecule has 0 fully saturated rings. The van der Waals surface area contributed by atoms with E-state index < -0.39 is 10.0 Å². The molecule has 6 nitrogen and oxygen atoms in total. The number of rotatable bonds is 5. The molecule has 7 heteroatoms. The molecule has 29 heavy (non-hydrogen) atoms. The summed E-state index contributed by atoms with van der Waals surface area (Å²) in [5.41, 5.74) is 2.24.